The van der Waals surface area contributed by atoms with Crippen molar-refractivity contribution in [2.75, 3.05) is 24.3 Å². The average Bonchev–Trinajstić information content (AvgIpc) is 2.99. The van der Waals surface area contributed by atoms with Crippen LogP contribution < -0.4 is 10.2 Å². The lowest BCUT2D eigenvalue weighted by molar-refractivity contribution is 0.114. The molecule has 1 amide bonds. The first-order chi connectivity index (χ1) is 10.1. The first-order valence-electron chi connectivity index (χ1n) is 7.35. The minimum absolute atomic E-state index is 0.0822. The number of carbonyl (C=O) groups is 1. The number of anilines is 2. The predicted molar refractivity (Wildman–Crippen MR) is 86.2 cm³/mol. The van der Waals surface area contributed by atoms with E-state index in [1.807, 2.05) is 43.1 Å². The van der Waals surface area contributed by atoms with Crippen LogP contribution in [0, 0.1) is 0 Å². The molecule has 1 aromatic carbocycles. The van der Waals surface area contributed by atoms with Gasteiger partial charge in [0.05, 0.1) is 5.84 Å². The van der Waals surface area contributed by atoms with Crippen molar-refractivity contribution in [3.05, 3.63) is 24.3 Å². The van der Waals surface area contributed by atoms with Crippen LogP contribution in [0.25, 0.3) is 0 Å². The van der Waals surface area contributed by atoms with Crippen LogP contribution in [0.1, 0.15) is 32.6 Å². The van der Waals surface area contributed by atoms with Crippen molar-refractivity contribution < 1.29 is 9.53 Å². The summed E-state index contributed by atoms with van der Waals surface area (Å²) in [5.74, 6) is 0.927. The lowest BCUT2D eigenvalue weighted by Crippen LogP contribution is -2.23. The lowest BCUT2D eigenvalue weighted by atomic mass is 10.2. The van der Waals surface area contributed by atoms with E-state index >= 15 is 0 Å². The number of nitrogens with zero attached hydrogens (tertiary/aromatic N) is 2. The van der Waals surface area contributed by atoms with Crippen molar-refractivity contribution in [2.24, 2.45) is 4.99 Å². The molecule has 21 heavy (non-hydrogen) atoms. The second kappa shape index (κ2) is 7.11. The Bertz CT molecular complexity index is 505. The molecule has 0 bridgehead atoms. The number of nitrogens with one attached hydrogen (secondary N) is 1. The van der Waals surface area contributed by atoms with Gasteiger partial charge >= 0.3 is 6.09 Å². The minimum Gasteiger partial charge on any atom is -0.446 e. The maximum Gasteiger partial charge on any atom is 0.411 e. The molecule has 1 saturated carbocycles. The van der Waals surface area contributed by atoms with Crippen LogP contribution in [0.2, 0.25) is 0 Å². The van der Waals surface area contributed by atoms with Gasteiger partial charge in [0.2, 0.25) is 0 Å². The average molecular weight is 289 g/mol. The summed E-state index contributed by atoms with van der Waals surface area (Å²) in [6, 6.07) is 7.62. The third kappa shape index (κ3) is 4.21. The molecule has 114 valence electrons. The Labute approximate surface area is 126 Å². The van der Waals surface area contributed by atoms with Gasteiger partial charge in [-0.1, -0.05) is 0 Å². The highest BCUT2D eigenvalue weighted by Gasteiger charge is 2.19. The van der Waals surface area contributed by atoms with E-state index in [0.717, 1.165) is 42.9 Å². The van der Waals surface area contributed by atoms with Crippen LogP contribution in [0.5, 0.6) is 0 Å². The van der Waals surface area contributed by atoms with Crippen LogP contribution in [-0.2, 0) is 4.74 Å². The lowest BCUT2D eigenvalue weighted by Gasteiger charge is -2.19. The molecule has 0 aliphatic heterocycles. The van der Waals surface area contributed by atoms with Gasteiger partial charge < -0.3 is 9.64 Å². The second-order valence-corrected chi connectivity index (χ2v) is 5.31. The quantitative estimate of drug-likeness (QED) is 0.682. The fourth-order valence-electron chi connectivity index (χ4n) is 2.41. The number of aliphatic imine (C=N–C) groups is 1. The number of rotatable bonds is 3. The number of benzene rings is 1. The van der Waals surface area contributed by atoms with Gasteiger partial charge in [-0.15, -0.1) is 0 Å². The molecule has 5 heteroatoms. The van der Waals surface area contributed by atoms with Gasteiger partial charge in [-0.2, -0.15) is 0 Å². The molecule has 0 unspecified atom stereocenters. The third-order valence-corrected chi connectivity index (χ3v) is 3.89. The topological polar surface area (TPSA) is 53.9 Å². The summed E-state index contributed by atoms with van der Waals surface area (Å²) in [5.41, 5.74) is 1.76. The van der Waals surface area contributed by atoms with Gasteiger partial charge in [-0.3, -0.25) is 10.3 Å². The van der Waals surface area contributed by atoms with Gasteiger partial charge in [0.1, 0.15) is 6.10 Å². The Morgan fingerprint density at radius 3 is 2.48 bits per heavy atom. The maximum atomic E-state index is 11.8. The van der Waals surface area contributed by atoms with Gasteiger partial charge in [0.15, 0.2) is 0 Å². The molecule has 0 heterocycles. The summed E-state index contributed by atoms with van der Waals surface area (Å²) >= 11 is 0. The van der Waals surface area contributed by atoms with E-state index in [2.05, 4.69) is 10.3 Å². The highest BCUT2D eigenvalue weighted by atomic mass is 16.6. The molecule has 1 aliphatic rings. The smallest absolute Gasteiger partial charge is 0.411 e. The zero-order chi connectivity index (χ0) is 15.2. The van der Waals surface area contributed by atoms with Gasteiger partial charge in [-0.05, 0) is 56.9 Å². The molecule has 0 aromatic heterocycles. The SMILES string of the molecule is CN=C(C)N(C)c1ccc(NC(=O)OC2CCCC2)cc1. The summed E-state index contributed by atoms with van der Waals surface area (Å²) < 4.78 is 5.37. The third-order valence-electron chi connectivity index (χ3n) is 3.89. The van der Waals surface area contributed by atoms with Crippen molar-refractivity contribution >= 4 is 23.3 Å². The Kier molecular flexibility index (Phi) is 5.20. The first-order valence-corrected chi connectivity index (χ1v) is 7.35. The Morgan fingerprint density at radius 2 is 1.90 bits per heavy atom. The van der Waals surface area contributed by atoms with Crippen molar-refractivity contribution in [2.45, 2.75) is 38.7 Å². The molecule has 0 saturated heterocycles. The standard InChI is InChI=1S/C16H23N3O2/c1-12(17-2)19(3)14-10-8-13(9-11-14)18-16(20)21-15-6-4-5-7-15/h8-11,15H,4-7H2,1-3H3,(H,18,20). The van der Waals surface area contributed by atoms with E-state index < -0.39 is 0 Å². The van der Waals surface area contributed by atoms with Crippen LogP contribution in [0.4, 0.5) is 16.2 Å². The highest BCUT2D eigenvalue weighted by molar-refractivity contribution is 5.95. The minimum atomic E-state index is -0.366. The van der Waals surface area contributed by atoms with Crippen molar-refractivity contribution in [3.8, 4) is 0 Å². The zero-order valence-electron chi connectivity index (χ0n) is 12.9. The van der Waals surface area contributed by atoms with Gasteiger partial charge in [0, 0.05) is 25.5 Å². The number of hydrogen-bond donors (Lipinski definition) is 1. The van der Waals surface area contributed by atoms with E-state index in [1.165, 1.54) is 0 Å². The van der Waals surface area contributed by atoms with E-state index in [-0.39, 0.29) is 12.2 Å². The molecule has 2 rings (SSSR count). The maximum absolute atomic E-state index is 11.8. The molecule has 5 nitrogen and oxygen atoms in total. The fraction of sp³-hybridized carbons (Fsp3) is 0.500. The molecule has 1 N–H and O–H groups in total. The Balaban J connectivity index is 1.91. The molecule has 0 atom stereocenters. The van der Waals surface area contributed by atoms with E-state index in [0.29, 0.717) is 0 Å². The van der Waals surface area contributed by atoms with Gasteiger partial charge in [-0.25, -0.2) is 4.79 Å². The summed E-state index contributed by atoms with van der Waals surface area (Å²) in [6.45, 7) is 1.95. The number of amides is 1. The zero-order valence-corrected chi connectivity index (χ0v) is 12.9. The molecule has 0 spiro atoms. The summed E-state index contributed by atoms with van der Waals surface area (Å²) in [5, 5.41) is 2.77. The molecule has 1 aliphatic carbocycles. The molecule has 1 fully saturated rings. The Hall–Kier alpha value is -2.04. The van der Waals surface area contributed by atoms with E-state index in [9.17, 15) is 4.79 Å². The van der Waals surface area contributed by atoms with Crippen LogP contribution in [-0.4, -0.2) is 32.1 Å². The summed E-state index contributed by atoms with van der Waals surface area (Å²) in [4.78, 5) is 17.9. The van der Waals surface area contributed by atoms with Gasteiger partial charge in [0.25, 0.3) is 0 Å². The highest BCUT2D eigenvalue weighted by Crippen LogP contribution is 2.22. The number of carbonyl (C=O) groups excluding carboxylic acids is 1. The molecule has 1 aromatic rings. The fourth-order valence-corrected chi connectivity index (χ4v) is 2.41. The van der Waals surface area contributed by atoms with Crippen molar-refractivity contribution in [1.82, 2.24) is 0 Å². The van der Waals surface area contributed by atoms with Crippen LogP contribution in [0.15, 0.2) is 29.3 Å². The van der Waals surface area contributed by atoms with Crippen LogP contribution in [0.3, 0.4) is 0 Å². The molecular weight excluding hydrogens is 266 g/mol. The predicted octanol–water partition coefficient (Wildman–Crippen LogP) is 3.66. The van der Waals surface area contributed by atoms with E-state index in [1.54, 1.807) is 7.05 Å². The number of amidine groups is 1. The molecule has 0 radical (unpaired) electrons. The number of ether oxygens (including phenoxy) is 1. The monoisotopic (exact) mass is 289 g/mol. The largest absolute Gasteiger partial charge is 0.446 e. The summed E-state index contributed by atoms with van der Waals surface area (Å²) in [6.07, 6.45) is 3.97. The Morgan fingerprint density at radius 1 is 1.29 bits per heavy atom. The van der Waals surface area contributed by atoms with E-state index in [4.69, 9.17) is 4.74 Å². The normalized spacial score (nSPS) is 15.9. The van der Waals surface area contributed by atoms with Crippen molar-refractivity contribution in [3.63, 3.8) is 0 Å². The first kappa shape index (κ1) is 15.4. The number of hydrogen-bond acceptors (Lipinski definition) is 3. The summed E-state index contributed by atoms with van der Waals surface area (Å²) in [7, 11) is 3.72. The second-order valence-electron chi connectivity index (χ2n) is 5.31. The van der Waals surface area contributed by atoms with Crippen molar-refractivity contribution in [1.29, 1.82) is 0 Å². The van der Waals surface area contributed by atoms with Crippen LogP contribution >= 0.6 is 0 Å². The molecular formula is C16H23N3O2.